The number of benzene rings is 1. The number of hydrogen-bond donors (Lipinski definition) is 1. The monoisotopic (exact) mass is 274 g/mol. The Hall–Kier alpha value is -1.88. The molecule has 1 aromatic carbocycles. The van der Waals surface area contributed by atoms with Gasteiger partial charge in [-0.15, -0.1) is 0 Å². The number of para-hydroxylation sites is 1. The summed E-state index contributed by atoms with van der Waals surface area (Å²) in [5.74, 6) is 2.03. The molecule has 0 aliphatic carbocycles. The second kappa shape index (κ2) is 5.63. The van der Waals surface area contributed by atoms with E-state index in [1.54, 1.807) is 0 Å². The third kappa shape index (κ3) is 2.54. The summed E-state index contributed by atoms with van der Waals surface area (Å²) >= 11 is 0. The quantitative estimate of drug-likeness (QED) is 0.906. The Balaban J connectivity index is 1.75. The van der Waals surface area contributed by atoms with Gasteiger partial charge in [0.1, 0.15) is 12.4 Å². The minimum absolute atomic E-state index is 0.0204. The highest BCUT2D eigenvalue weighted by molar-refractivity contribution is 5.42. The first-order valence-electron chi connectivity index (χ1n) is 7.00. The van der Waals surface area contributed by atoms with Crippen LogP contribution < -0.4 is 4.74 Å². The van der Waals surface area contributed by atoms with Crippen molar-refractivity contribution >= 4 is 0 Å². The number of aliphatic hydroxyl groups is 1. The van der Waals surface area contributed by atoms with Gasteiger partial charge in [0.2, 0.25) is 5.89 Å². The lowest BCUT2D eigenvalue weighted by atomic mass is 10.0. The van der Waals surface area contributed by atoms with Crippen LogP contribution in [0.15, 0.2) is 28.8 Å². The van der Waals surface area contributed by atoms with E-state index in [1.807, 2.05) is 31.2 Å². The number of fused-ring (bicyclic) bond motifs is 1. The largest absolute Gasteiger partial charge is 0.492 e. The zero-order valence-electron chi connectivity index (χ0n) is 11.5. The lowest BCUT2D eigenvalue weighted by molar-refractivity contribution is 0.151. The van der Waals surface area contributed by atoms with E-state index in [4.69, 9.17) is 9.26 Å². The smallest absolute Gasteiger partial charge is 0.229 e. The van der Waals surface area contributed by atoms with E-state index in [0.717, 1.165) is 24.2 Å². The molecule has 1 aromatic heterocycles. The maximum absolute atomic E-state index is 9.78. The Bertz CT molecular complexity index is 582. The molecule has 5 nitrogen and oxygen atoms in total. The van der Waals surface area contributed by atoms with Crippen LogP contribution in [0.1, 0.15) is 43.0 Å². The van der Waals surface area contributed by atoms with E-state index >= 15 is 0 Å². The van der Waals surface area contributed by atoms with Crippen LogP contribution in [-0.4, -0.2) is 28.0 Å². The van der Waals surface area contributed by atoms with Crippen LogP contribution in [0.2, 0.25) is 0 Å². The molecule has 2 unspecified atom stereocenters. The normalized spacial score (nSPS) is 18.6. The van der Waals surface area contributed by atoms with Crippen LogP contribution in [0.3, 0.4) is 0 Å². The van der Waals surface area contributed by atoms with E-state index in [2.05, 4.69) is 10.1 Å². The molecule has 2 aromatic rings. The third-order valence-corrected chi connectivity index (χ3v) is 3.53. The van der Waals surface area contributed by atoms with Crippen LogP contribution in [0.5, 0.6) is 5.75 Å². The Labute approximate surface area is 117 Å². The summed E-state index contributed by atoms with van der Waals surface area (Å²) in [5, 5.41) is 13.8. The summed E-state index contributed by atoms with van der Waals surface area (Å²) in [6.07, 6.45) is 1.68. The van der Waals surface area contributed by atoms with Gasteiger partial charge in [0, 0.05) is 5.56 Å². The van der Waals surface area contributed by atoms with Gasteiger partial charge in [0.15, 0.2) is 5.82 Å². The summed E-state index contributed by atoms with van der Waals surface area (Å²) in [4.78, 5) is 4.40. The molecule has 0 spiro atoms. The van der Waals surface area contributed by atoms with Crippen molar-refractivity contribution in [2.45, 2.75) is 38.2 Å². The zero-order valence-corrected chi connectivity index (χ0v) is 11.5. The molecular weight excluding hydrogens is 256 g/mol. The molecule has 1 aliphatic rings. The number of ether oxygens (including phenoxy) is 1. The van der Waals surface area contributed by atoms with E-state index in [0.29, 0.717) is 24.7 Å². The number of nitrogens with zero attached hydrogens (tertiary/aromatic N) is 2. The molecule has 1 aliphatic heterocycles. The third-order valence-electron chi connectivity index (χ3n) is 3.53. The zero-order chi connectivity index (χ0) is 13.9. The van der Waals surface area contributed by atoms with Crippen molar-refractivity contribution in [3.63, 3.8) is 0 Å². The number of hydrogen-bond acceptors (Lipinski definition) is 5. The summed E-state index contributed by atoms with van der Waals surface area (Å²) < 4.78 is 10.9. The van der Waals surface area contributed by atoms with Crippen LogP contribution in [0.4, 0.5) is 0 Å². The molecule has 0 amide bonds. The molecule has 2 atom stereocenters. The number of rotatable bonds is 5. The predicted octanol–water partition coefficient (Wildman–Crippen LogP) is 2.30. The Morgan fingerprint density at radius 1 is 1.40 bits per heavy atom. The lowest BCUT2D eigenvalue weighted by Gasteiger charge is -2.04. The topological polar surface area (TPSA) is 68.4 Å². The SMILES string of the molecule is CCCC(O)Cc1nc(C2COc3ccccc32)no1. The lowest BCUT2D eigenvalue weighted by Crippen LogP contribution is -2.10. The van der Waals surface area contributed by atoms with Crippen molar-refractivity contribution in [2.75, 3.05) is 6.61 Å². The van der Waals surface area contributed by atoms with Gasteiger partial charge in [0.05, 0.1) is 18.4 Å². The molecule has 20 heavy (non-hydrogen) atoms. The maximum Gasteiger partial charge on any atom is 0.229 e. The van der Waals surface area contributed by atoms with Gasteiger partial charge in [0.25, 0.3) is 0 Å². The van der Waals surface area contributed by atoms with Crippen molar-refractivity contribution in [1.29, 1.82) is 0 Å². The first-order valence-corrected chi connectivity index (χ1v) is 7.00. The highest BCUT2D eigenvalue weighted by atomic mass is 16.5. The van der Waals surface area contributed by atoms with Crippen LogP contribution in [0, 0.1) is 0 Å². The summed E-state index contributed by atoms with van der Waals surface area (Å²) in [6.45, 7) is 2.57. The van der Waals surface area contributed by atoms with Gasteiger partial charge in [-0.2, -0.15) is 4.98 Å². The Morgan fingerprint density at radius 2 is 2.25 bits per heavy atom. The van der Waals surface area contributed by atoms with E-state index in [9.17, 15) is 5.11 Å². The standard InChI is InChI=1S/C15H18N2O3/c1-2-5-10(18)8-14-16-15(17-20-14)12-9-19-13-7-4-3-6-11(12)13/h3-4,6-7,10,12,18H,2,5,8-9H2,1H3. The van der Waals surface area contributed by atoms with Crippen LogP contribution in [0.25, 0.3) is 0 Å². The van der Waals surface area contributed by atoms with Crippen molar-refractivity contribution in [2.24, 2.45) is 0 Å². The van der Waals surface area contributed by atoms with Crippen molar-refractivity contribution < 1.29 is 14.4 Å². The molecule has 3 rings (SSSR count). The number of aliphatic hydroxyl groups excluding tert-OH is 1. The minimum Gasteiger partial charge on any atom is -0.492 e. The maximum atomic E-state index is 9.78. The molecule has 0 radical (unpaired) electrons. The molecule has 2 heterocycles. The van der Waals surface area contributed by atoms with Crippen molar-refractivity contribution in [3.05, 3.63) is 41.5 Å². The molecule has 0 fully saturated rings. The molecule has 106 valence electrons. The van der Waals surface area contributed by atoms with Crippen molar-refractivity contribution in [3.8, 4) is 5.75 Å². The van der Waals surface area contributed by atoms with Gasteiger partial charge in [-0.1, -0.05) is 36.7 Å². The van der Waals surface area contributed by atoms with Crippen LogP contribution in [-0.2, 0) is 6.42 Å². The Kier molecular flexibility index (Phi) is 3.69. The van der Waals surface area contributed by atoms with Gasteiger partial charge in [-0.3, -0.25) is 0 Å². The number of aromatic nitrogens is 2. The molecular formula is C15H18N2O3. The van der Waals surface area contributed by atoms with Gasteiger partial charge < -0.3 is 14.4 Å². The molecule has 1 N–H and O–H groups in total. The fraction of sp³-hybridized carbons (Fsp3) is 0.467. The second-order valence-corrected chi connectivity index (χ2v) is 5.09. The molecule has 0 bridgehead atoms. The van der Waals surface area contributed by atoms with Crippen molar-refractivity contribution in [1.82, 2.24) is 10.1 Å². The van der Waals surface area contributed by atoms with Gasteiger partial charge in [-0.05, 0) is 12.5 Å². The molecule has 5 heteroatoms. The van der Waals surface area contributed by atoms with Gasteiger partial charge >= 0.3 is 0 Å². The fourth-order valence-corrected chi connectivity index (χ4v) is 2.51. The Morgan fingerprint density at radius 3 is 3.10 bits per heavy atom. The van der Waals surface area contributed by atoms with Gasteiger partial charge in [-0.25, -0.2) is 0 Å². The molecule has 0 saturated heterocycles. The first-order chi connectivity index (χ1) is 9.78. The first kappa shape index (κ1) is 13.1. The van der Waals surface area contributed by atoms with E-state index in [1.165, 1.54) is 0 Å². The summed E-state index contributed by atoms with van der Waals surface area (Å²) in [5.41, 5.74) is 1.09. The summed E-state index contributed by atoms with van der Waals surface area (Å²) in [7, 11) is 0. The van der Waals surface area contributed by atoms with E-state index < -0.39 is 6.10 Å². The minimum atomic E-state index is -0.416. The highest BCUT2D eigenvalue weighted by Crippen LogP contribution is 2.36. The average molecular weight is 274 g/mol. The van der Waals surface area contributed by atoms with E-state index in [-0.39, 0.29) is 5.92 Å². The average Bonchev–Trinajstić information content (AvgIpc) is 3.05. The summed E-state index contributed by atoms with van der Waals surface area (Å²) in [6, 6.07) is 7.90. The van der Waals surface area contributed by atoms with Crippen LogP contribution >= 0.6 is 0 Å². The second-order valence-electron chi connectivity index (χ2n) is 5.09. The highest BCUT2D eigenvalue weighted by Gasteiger charge is 2.29. The predicted molar refractivity (Wildman–Crippen MR) is 72.7 cm³/mol. The molecule has 0 saturated carbocycles. The fourth-order valence-electron chi connectivity index (χ4n) is 2.51.